The molecule has 1 atom stereocenters. The number of amides is 1. The molecule has 1 amide bonds. The van der Waals surface area contributed by atoms with Crippen LogP contribution < -0.4 is 19.3 Å². The lowest BCUT2D eigenvalue weighted by Crippen LogP contribution is -2.49. The van der Waals surface area contributed by atoms with Gasteiger partial charge in [-0.2, -0.15) is 0 Å². The van der Waals surface area contributed by atoms with E-state index in [1.165, 1.54) is 23.1 Å². The van der Waals surface area contributed by atoms with Crippen molar-refractivity contribution in [3.05, 3.63) is 154 Å². The Labute approximate surface area is 273 Å². The molecule has 47 heavy (non-hydrogen) atoms. The first-order valence-corrected chi connectivity index (χ1v) is 16.5. The first kappa shape index (κ1) is 31.3. The van der Waals surface area contributed by atoms with Gasteiger partial charge in [0.1, 0.15) is 11.9 Å². The van der Waals surface area contributed by atoms with Crippen LogP contribution in [0.5, 0.6) is 5.75 Å². The maximum atomic E-state index is 14.6. The first-order chi connectivity index (χ1) is 22.7. The number of nitro benzene ring substituents is 1. The Bertz CT molecular complexity index is 2040. The van der Waals surface area contributed by atoms with Crippen LogP contribution in [0.3, 0.4) is 0 Å². The molecule has 11 heteroatoms. The second-order valence-corrected chi connectivity index (χ2v) is 12.7. The second-order valence-electron chi connectivity index (χ2n) is 11.1. The van der Waals surface area contributed by atoms with Gasteiger partial charge in [0.25, 0.3) is 21.6 Å². The number of nitro groups is 1. The SMILES string of the molecule is CCOc1ccc(NS(=O)(=O)c2ccc3c(c2)C(=O)N(c2ccc(C)cc2)[C@@H](c2ccccc2[N+](=O)[O-])N3Cc2ccccc2)cc1. The number of carbonyl (C=O) groups is 1. The monoisotopic (exact) mass is 648 g/mol. The summed E-state index contributed by atoms with van der Waals surface area (Å²) in [6.45, 7) is 4.54. The number of para-hydroxylation sites is 1. The lowest BCUT2D eigenvalue weighted by Gasteiger charge is -2.45. The number of nitrogens with one attached hydrogen (secondary N) is 1. The number of ether oxygens (including phenoxy) is 1. The van der Waals surface area contributed by atoms with E-state index in [1.54, 1.807) is 60.7 Å². The van der Waals surface area contributed by atoms with Gasteiger partial charge in [-0.05, 0) is 80.1 Å². The minimum absolute atomic E-state index is 0.105. The van der Waals surface area contributed by atoms with Gasteiger partial charge in [-0.25, -0.2) is 8.42 Å². The van der Waals surface area contributed by atoms with E-state index in [1.807, 2.05) is 61.2 Å². The van der Waals surface area contributed by atoms with Crippen molar-refractivity contribution in [2.75, 3.05) is 21.1 Å². The average Bonchev–Trinajstić information content (AvgIpc) is 3.07. The van der Waals surface area contributed by atoms with Crippen LogP contribution in [0, 0.1) is 17.0 Å². The maximum absolute atomic E-state index is 14.6. The molecule has 0 unspecified atom stereocenters. The summed E-state index contributed by atoms with van der Waals surface area (Å²) in [6.07, 6.45) is -0.927. The third-order valence-corrected chi connectivity index (χ3v) is 9.29. The van der Waals surface area contributed by atoms with E-state index in [0.29, 0.717) is 35.0 Å². The summed E-state index contributed by atoms with van der Waals surface area (Å²) >= 11 is 0. The van der Waals surface area contributed by atoms with E-state index in [-0.39, 0.29) is 22.7 Å². The summed E-state index contributed by atoms with van der Waals surface area (Å²) in [4.78, 5) is 29.8. The van der Waals surface area contributed by atoms with Crippen LogP contribution >= 0.6 is 0 Å². The van der Waals surface area contributed by atoms with Gasteiger partial charge in [-0.3, -0.25) is 24.5 Å². The molecule has 0 aliphatic carbocycles. The Morgan fingerprint density at radius 1 is 0.872 bits per heavy atom. The predicted molar refractivity (Wildman–Crippen MR) is 181 cm³/mol. The van der Waals surface area contributed by atoms with Crippen LogP contribution in [0.25, 0.3) is 0 Å². The number of hydrogen-bond acceptors (Lipinski definition) is 7. The van der Waals surface area contributed by atoms with E-state index >= 15 is 0 Å². The quantitative estimate of drug-likeness (QED) is 0.123. The second kappa shape index (κ2) is 13.0. The summed E-state index contributed by atoms with van der Waals surface area (Å²) in [5, 5.41) is 12.3. The fraction of sp³-hybridized carbons (Fsp3) is 0.139. The molecular weight excluding hydrogens is 616 g/mol. The largest absolute Gasteiger partial charge is 0.494 e. The van der Waals surface area contributed by atoms with Crippen LogP contribution in [0.1, 0.15) is 40.1 Å². The smallest absolute Gasteiger partial charge is 0.276 e. The molecule has 6 rings (SSSR count). The number of nitrogens with zero attached hydrogens (tertiary/aromatic N) is 3. The zero-order valence-electron chi connectivity index (χ0n) is 25.7. The van der Waals surface area contributed by atoms with E-state index in [2.05, 4.69) is 4.72 Å². The molecule has 10 nitrogen and oxygen atoms in total. The van der Waals surface area contributed by atoms with Gasteiger partial charge in [-0.15, -0.1) is 0 Å². The van der Waals surface area contributed by atoms with Gasteiger partial charge in [0.2, 0.25) is 0 Å². The molecule has 0 aromatic heterocycles. The van der Waals surface area contributed by atoms with Crippen LogP contribution in [0.4, 0.5) is 22.7 Å². The first-order valence-electron chi connectivity index (χ1n) is 15.0. The summed E-state index contributed by atoms with van der Waals surface area (Å²) in [5.74, 6) is 0.118. The highest BCUT2D eigenvalue weighted by Crippen LogP contribution is 2.45. The summed E-state index contributed by atoms with van der Waals surface area (Å²) in [7, 11) is -4.11. The van der Waals surface area contributed by atoms with E-state index in [0.717, 1.165) is 11.1 Å². The van der Waals surface area contributed by atoms with Crippen molar-refractivity contribution in [3.63, 3.8) is 0 Å². The molecule has 0 fully saturated rings. The summed E-state index contributed by atoms with van der Waals surface area (Å²) < 4.78 is 35.3. The Hall–Kier alpha value is -5.68. The van der Waals surface area contributed by atoms with Crippen LogP contribution in [0.2, 0.25) is 0 Å². The van der Waals surface area contributed by atoms with Crippen LogP contribution in [-0.4, -0.2) is 25.9 Å². The van der Waals surface area contributed by atoms with Crippen molar-refractivity contribution >= 4 is 38.7 Å². The molecule has 0 spiro atoms. The highest BCUT2D eigenvalue weighted by atomic mass is 32.2. The maximum Gasteiger partial charge on any atom is 0.276 e. The Balaban J connectivity index is 1.51. The van der Waals surface area contributed by atoms with Crippen molar-refractivity contribution in [1.82, 2.24) is 0 Å². The number of rotatable bonds is 10. The zero-order chi connectivity index (χ0) is 33.1. The van der Waals surface area contributed by atoms with Crippen LogP contribution in [0.15, 0.2) is 126 Å². The van der Waals surface area contributed by atoms with Crippen molar-refractivity contribution in [2.45, 2.75) is 31.5 Å². The normalized spacial score (nSPS) is 14.4. The number of carbonyl (C=O) groups excluding carboxylic acids is 1. The highest BCUT2D eigenvalue weighted by molar-refractivity contribution is 7.92. The Morgan fingerprint density at radius 2 is 1.55 bits per heavy atom. The molecule has 0 bridgehead atoms. The molecule has 0 saturated heterocycles. The fourth-order valence-corrected chi connectivity index (χ4v) is 6.80. The standard InChI is InChI=1S/C36H32N4O6S/c1-3-46-29-19-15-27(16-20-29)37-47(44,45)30-21-22-33-32(23-30)36(41)39(28-17-13-25(2)14-18-28)35(31-11-7-8-12-34(31)40(42)43)38(33)24-26-9-5-4-6-10-26/h4-23,35,37H,3,24H2,1-2H3/t35-/m0/s1. The molecule has 1 aliphatic rings. The molecule has 0 saturated carbocycles. The molecule has 5 aromatic carbocycles. The minimum Gasteiger partial charge on any atom is -0.494 e. The topological polar surface area (TPSA) is 122 Å². The number of hydrogen-bond donors (Lipinski definition) is 1. The summed E-state index contributed by atoms with van der Waals surface area (Å²) in [5.41, 5.74) is 3.49. The number of sulfonamides is 1. The van der Waals surface area contributed by atoms with Gasteiger partial charge >= 0.3 is 0 Å². The Morgan fingerprint density at radius 3 is 2.23 bits per heavy atom. The lowest BCUT2D eigenvalue weighted by molar-refractivity contribution is -0.385. The lowest BCUT2D eigenvalue weighted by atomic mass is 9.98. The number of benzene rings is 5. The molecule has 5 aromatic rings. The predicted octanol–water partition coefficient (Wildman–Crippen LogP) is 7.47. The van der Waals surface area contributed by atoms with Crippen molar-refractivity contribution < 1.29 is 22.9 Å². The van der Waals surface area contributed by atoms with Crippen molar-refractivity contribution in [3.8, 4) is 5.75 Å². The molecule has 0 radical (unpaired) electrons. The number of fused-ring (bicyclic) bond motifs is 1. The zero-order valence-corrected chi connectivity index (χ0v) is 26.6. The van der Waals surface area contributed by atoms with E-state index < -0.39 is 27.0 Å². The highest BCUT2D eigenvalue weighted by Gasteiger charge is 2.42. The molecule has 1 aliphatic heterocycles. The van der Waals surface area contributed by atoms with Gasteiger partial charge in [0.05, 0.1) is 33.2 Å². The van der Waals surface area contributed by atoms with Crippen LogP contribution in [-0.2, 0) is 16.6 Å². The third-order valence-electron chi connectivity index (χ3n) is 7.91. The van der Waals surface area contributed by atoms with Gasteiger partial charge < -0.3 is 9.64 Å². The van der Waals surface area contributed by atoms with E-state index in [4.69, 9.17) is 4.74 Å². The third kappa shape index (κ3) is 6.38. The number of aryl methyl sites for hydroxylation is 1. The summed E-state index contributed by atoms with van der Waals surface area (Å²) in [6, 6.07) is 34.2. The van der Waals surface area contributed by atoms with E-state index in [9.17, 15) is 23.3 Å². The van der Waals surface area contributed by atoms with Gasteiger partial charge in [-0.1, -0.05) is 60.2 Å². The fourth-order valence-electron chi connectivity index (χ4n) is 5.71. The van der Waals surface area contributed by atoms with Gasteiger partial charge in [0.15, 0.2) is 0 Å². The average molecular weight is 649 g/mol. The minimum atomic E-state index is -4.11. The van der Waals surface area contributed by atoms with Crippen molar-refractivity contribution in [2.24, 2.45) is 0 Å². The molecular formula is C36H32N4O6S. The molecule has 1 N–H and O–H groups in total. The molecule has 1 heterocycles. The van der Waals surface area contributed by atoms with Crippen molar-refractivity contribution in [1.29, 1.82) is 0 Å². The molecule has 238 valence electrons. The number of anilines is 3. The van der Waals surface area contributed by atoms with Gasteiger partial charge in [0, 0.05) is 24.0 Å². The Kier molecular flexibility index (Phi) is 8.64.